The zero-order valence-corrected chi connectivity index (χ0v) is 17.0. The molecule has 7 nitrogen and oxygen atoms in total. The Balaban J connectivity index is 1.85. The third kappa shape index (κ3) is 6.29. The van der Waals surface area contributed by atoms with Crippen molar-refractivity contribution in [1.29, 1.82) is 0 Å². The summed E-state index contributed by atoms with van der Waals surface area (Å²) in [4.78, 5) is 11.4. The molecule has 1 aliphatic rings. The molecule has 7 heteroatoms. The molecule has 2 rings (SSSR count). The van der Waals surface area contributed by atoms with Crippen molar-refractivity contribution in [3.8, 4) is 0 Å². The third-order valence-electron chi connectivity index (χ3n) is 4.76. The summed E-state index contributed by atoms with van der Waals surface area (Å²) in [7, 11) is 1.81. The fraction of sp³-hybridized carbons (Fsp3) is 0.789. The smallest absolute Gasteiger partial charge is 0.191 e. The second-order valence-electron chi connectivity index (χ2n) is 7.66. The molecule has 1 saturated heterocycles. The van der Waals surface area contributed by atoms with Gasteiger partial charge in [0.1, 0.15) is 5.82 Å². The Bertz CT molecular complexity index is 548. The van der Waals surface area contributed by atoms with Gasteiger partial charge in [-0.2, -0.15) is 0 Å². The monoisotopic (exact) mass is 364 g/mol. The molecule has 0 radical (unpaired) electrons. The molecular formula is C19H36N6O. The van der Waals surface area contributed by atoms with E-state index >= 15 is 0 Å². The second kappa shape index (κ2) is 10.5. The molecule has 0 bridgehead atoms. The fourth-order valence-corrected chi connectivity index (χ4v) is 3.35. The standard InChI is InChI=1S/C19H36N6O/c1-15(2)14-25-7-6-21-18(25)13-23-19(20-5)22-12-17(16(3)4)24-8-10-26-11-9-24/h6-7,15-17H,8-14H2,1-5H3,(H2,20,22,23). The number of nitrogens with one attached hydrogen (secondary N) is 2. The molecule has 0 spiro atoms. The number of morpholine rings is 1. The molecule has 2 N–H and O–H groups in total. The molecule has 2 heterocycles. The van der Waals surface area contributed by atoms with Crippen molar-refractivity contribution in [2.75, 3.05) is 39.9 Å². The number of hydrogen-bond acceptors (Lipinski definition) is 4. The molecule has 0 aliphatic carbocycles. The number of rotatable bonds is 8. The molecule has 1 fully saturated rings. The number of hydrogen-bond donors (Lipinski definition) is 2. The Morgan fingerprint density at radius 1 is 1.23 bits per heavy atom. The van der Waals surface area contributed by atoms with Gasteiger partial charge in [-0.05, 0) is 11.8 Å². The number of aromatic nitrogens is 2. The van der Waals surface area contributed by atoms with Crippen LogP contribution in [0.25, 0.3) is 0 Å². The highest BCUT2D eigenvalue weighted by molar-refractivity contribution is 5.79. The van der Waals surface area contributed by atoms with Crippen LogP contribution in [-0.4, -0.2) is 66.3 Å². The lowest BCUT2D eigenvalue weighted by atomic mass is 10.0. The van der Waals surface area contributed by atoms with Crippen LogP contribution in [0.3, 0.4) is 0 Å². The average Bonchev–Trinajstić information content (AvgIpc) is 3.04. The first-order valence-electron chi connectivity index (χ1n) is 9.77. The minimum absolute atomic E-state index is 0.473. The van der Waals surface area contributed by atoms with Crippen molar-refractivity contribution in [2.24, 2.45) is 16.8 Å². The van der Waals surface area contributed by atoms with Gasteiger partial charge >= 0.3 is 0 Å². The van der Waals surface area contributed by atoms with Gasteiger partial charge in [0.25, 0.3) is 0 Å². The van der Waals surface area contributed by atoms with Crippen LogP contribution in [0.5, 0.6) is 0 Å². The quantitative estimate of drug-likeness (QED) is 0.541. The second-order valence-corrected chi connectivity index (χ2v) is 7.66. The molecule has 0 aromatic carbocycles. The van der Waals surface area contributed by atoms with Crippen LogP contribution in [0.15, 0.2) is 17.4 Å². The van der Waals surface area contributed by atoms with E-state index < -0.39 is 0 Å². The number of imidazole rings is 1. The van der Waals surface area contributed by atoms with Gasteiger partial charge in [-0.3, -0.25) is 9.89 Å². The number of nitrogens with zero attached hydrogens (tertiary/aromatic N) is 4. The molecule has 1 unspecified atom stereocenters. The van der Waals surface area contributed by atoms with Crippen LogP contribution in [0.2, 0.25) is 0 Å². The van der Waals surface area contributed by atoms with Crippen molar-refractivity contribution in [2.45, 2.75) is 46.8 Å². The highest BCUT2D eigenvalue weighted by Crippen LogP contribution is 2.12. The molecule has 0 amide bonds. The average molecular weight is 365 g/mol. The molecule has 1 aromatic rings. The highest BCUT2D eigenvalue weighted by Gasteiger charge is 2.23. The number of guanidine groups is 1. The van der Waals surface area contributed by atoms with Gasteiger partial charge < -0.3 is 19.9 Å². The van der Waals surface area contributed by atoms with Crippen LogP contribution in [0.1, 0.15) is 33.5 Å². The van der Waals surface area contributed by atoms with E-state index in [2.05, 4.69) is 57.8 Å². The lowest BCUT2D eigenvalue weighted by Gasteiger charge is -2.37. The van der Waals surface area contributed by atoms with Gasteiger partial charge in [0.15, 0.2) is 5.96 Å². The Morgan fingerprint density at radius 3 is 2.58 bits per heavy atom. The van der Waals surface area contributed by atoms with Gasteiger partial charge in [-0.1, -0.05) is 27.7 Å². The Kier molecular flexibility index (Phi) is 8.38. The topological polar surface area (TPSA) is 66.7 Å². The minimum Gasteiger partial charge on any atom is -0.379 e. The molecule has 1 atom stereocenters. The molecular weight excluding hydrogens is 328 g/mol. The fourth-order valence-electron chi connectivity index (χ4n) is 3.35. The van der Waals surface area contributed by atoms with E-state index in [1.165, 1.54) is 0 Å². The summed E-state index contributed by atoms with van der Waals surface area (Å²) in [5, 5.41) is 6.89. The molecule has 0 saturated carbocycles. The molecule has 148 valence electrons. The predicted octanol–water partition coefficient (Wildman–Crippen LogP) is 1.56. The number of ether oxygens (including phenoxy) is 1. The minimum atomic E-state index is 0.473. The zero-order valence-electron chi connectivity index (χ0n) is 17.0. The summed E-state index contributed by atoms with van der Waals surface area (Å²) in [6.45, 7) is 15.2. The van der Waals surface area contributed by atoms with E-state index in [4.69, 9.17) is 4.74 Å². The van der Waals surface area contributed by atoms with Crippen LogP contribution >= 0.6 is 0 Å². The van der Waals surface area contributed by atoms with Crippen molar-refractivity contribution in [1.82, 2.24) is 25.1 Å². The summed E-state index contributed by atoms with van der Waals surface area (Å²) < 4.78 is 7.69. The maximum atomic E-state index is 5.49. The molecule has 26 heavy (non-hydrogen) atoms. The van der Waals surface area contributed by atoms with Gasteiger partial charge in [0.05, 0.1) is 19.8 Å². The Labute approximate surface area is 158 Å². The van der Waals surface area contributed by atoms with Gasteiger partial charge in [-0.15, -0.1) is 0 Å². The first-order chi connectivity index (χ1) is 12.5. The zero-order chi connectivity index (χ0) is 18.9. The maximum absolute atomic E-state index is 5.49. The van der Waals surface area contributed by atoms with E-state index in [0.29, 0.717) is 24.4 Å². The first-order valence-corrected chi connectivity index (χ1v) is 9.77. The Morgan fingerprint density at radius 2 is 1.96 bits per heavy atom. The predicted molar refractivity (Wildman–Crippen MR) is 106 cm³/mol. The summed E-state index contributed by atoms with van der Waals surface area (Å²) >= 11 is 0. The lowest BCUT2D eigenvalue weighted by molar-refractivity contribution is 0.00752. The van der Waals surface area contributed by atoms with E-state index in [9.17, 15) is 0 Å². The van der Waals surface area contributed by atoms with Crippen LogP contribution in [-0.2, 0) is 17.8 Å². The third-order valence-corrected chi connectivity index (χ3v) is 4.76. The van der Waals surface area contributed by atoms with Gasteiger partial charge in [0.2, 0.25) is 0 Å². The van der Waals surface area contributed by atoms with E-state index in [1.807, 2.05) is 19.4 Å². The maximum Gasteiger partial charge on any atom is 0.191 e. The Hall–Kier alpha value is -1.60. The summed E-state index contributed by atoms with van der Waals surface area (Å²) in [5.74, 6) is 3.03. The summed E-state index contributed by atoms with van der Waals surface area (Å²) in [5.41, 5.74) is 0. The SMILES string of the molecule is CN=C(NCc1nccn1CC(C)C)NCC(C(C)C)N1CCOCC1. The summed E-state index contributed by atoms with van der Waals surface area (Å²) in [6.07, 6.45) is 3.91. The molecule has 1 aromatic heterocycles. The van der Waals surface area contributed by atoms with Gasteiger partial charge in [-0.25, -0.2) is 4.98 Å². The normalized spacial score (nSPS) is 17.7. The van der Waals surface area contributed by atoms with Crippen molar-refractivity contribution >= 4 is 5.96 Å². The summed E-state index contributed by atoms with van der Waals surface area (Å²) in [6, 6.07) is 0.473. The van der Waals surface area contributed by atoms with Crippen molar-refractivity contribution in [3.05, 3.63) is 18.2 Å². The van der Waals surface area contributed by atoms with Crippen LogP contribution in [0.4, 0.5) is 0 Å². The van der Waals surface area contributed by atoms with Crippen molar-refractivity contribution in [3.63, 3.8) is 0 Å². The van der Waals surface area contributed by atoms with Crippen LogP contribution in [0, 0.1) is 11.8 Å². The number of aliphatic imine (C=N–C) groups is 1. The van der Waals surface area contributed by atoms with Crippen molar-refractivity contribution < 1.29 is 4.74 Å². The highest BCUT2D eigenvalue weighted by atomic mass is 16.5. The first kappa shape index (κ1) is 20.7. The molecule has 1 aliphatic heterocycles. The van der Waals surface area contributed by atoms with E-state index in [0.717, 1.165) is 51.2 Å². The lowest BCUT2D eigenvalue weighted by Crippen LogP contribution is -2.52. The van der Waals surface area contributed by atoms with E-state index in [1.54, 1.807) is 0 Å². The van der Waals surface area contributed by atoms with E-state index in [-0.39, 0.29) is 0 Å². The van der Waals surface area contributed by atoms with Crippen LogP contribution < -0.4 is 10.6 Å². The van der Waals surface area contributed by atoms with Gasteiger partial charge in [0, 0.05) is 51.7 Å². The largest absolute Gasteiger partial charge is 0.379 e.